The molecular weight excluding hydrogens is 348 g/mol. The molecule has 3 aliphatic carbocycles. The summed E-state index contributed by atoms with van der Waals surface area (Å²) in [6, 6.07) is 3.72. The summed E-state index contributed by atoms with van der Waals surface area (Å²) < 4.78 is 17.7. The van der Waals surface area contributed by atoms with Gasteiger partial charge < -0.3 is 14.2 Å². The highest BCUT2D eigenvalue weighted by Gasteiger charge is 2.74. The number of hydrogen-bond acceptors (Lipinski definition) is 6. The Bertz CT molecular complexity index is 889. The summed E-state index contributed by atoms with van der Waals surface area (Å²) in [5.41, 5.74) is 0.653. The van der Waals surface area contributed by atoms with Crippen molar-refractivity contribution in [3.63, 3.8) is 0 Å². The van der Waals surface area contributed by atoms with Gasteiger partial charge in [0.25, 0.3) is 0 Å². The molecule has 1 heterocycles. The van der Waals surface area contributed by atoms with E-state index in [2.05, 4.69) is 0 Å². The van der Waals surface area contributed by atoms with E-state index in [0.29, 0.717) is 24.3 Å². The molecule has 0 unspecified atom stereocenters. The van der Waals surface area contributed by atoms with Crippen LogP contribution >= 0.6 is 0 Å². The smallest absolute Gasteiger partial charge is 0.308 e. The van der Waals surface area contributed by atoms with E-state index in [1.54, 1.807) is 6.07 Å². The van der Waals surface area contributed by atoms with Gasteiger partial charge in [0.2, 0.25) is 0 Å². The molecule has 2 fully saturated rings. The van der Waals surface area contributed by atoms with E-state index in [-0.39, 0.29) is 17.7 Å². The molecule has 0 saturated heterocycles. The minimum absolute atomic E-state index is 0.0382. The summed E-state index contributed by atoms with van der Waals surface area (Å²) in [6.45, 7) is 2.78. The zero-order valence-corrected chi connectivity index (χ0v) is 15.5. The monoisotopic (exact) mass is 370 g/mol. The zero-order chi connectivity index (χ0) is 19.0. The Morgan fingerprint density at radius 2 is 2.00 bits per heavy atom. The van der Waals surface area contributed by atoms with Gasteiger partial charge in [-0.1, -0.05) is 12.5 Å². The Morgan fingerprint density at radius 1 is 1.19 bits per heavy atom. The first-order valence-corrected chi connectivity index (χ1v) is 9.63. The second-order valence-corrected chi connectivity index (χ2v) is 8.23. The lowest BCUT2D eigenvalue weighted by Crippen LogP contribution is -2.71. The van der Waals surface area contributed by atoms with Gasteiger partial charge in [-0.3, -0.25) is 14.4 Å². The lowest BCUT2D eigenvalue weighted by atomic mass is 9.45. The van der Waals surface area contributed by atoms with Crippen LogP contribution in [0.25, 0.3) is 0 Å². The van der Waals surface area contributed by atoms with Crippen molar-refractivity contribution in [3.05, 3.63) is 23.3 Å². The van der Waals surface area contributed by atoms with Crippen molar-refractivity contribution < 1.29 is 28.6 Å². The predicted octanol–water partition coefficient (Wildman–Crippen LogP) is 2.63. The molecule has 0 aromatic heterocycles. The summed E-state index contributed by atoms with van der Waals surface area (Å²) in [5.74, 6) is 0.293. The minimum Gasteiger partial charge on any atom is -0.477 e. The van der Waals surface area contributed by atoms with Crippen molar-refractivity contribution in [2.24, 2.45) is 5.92 Å². The lowest BCUT2D eigenvalue weighted by molar-refractivity contribution is -0.206. The quantitative estimate of drug-likeness (QED) is 0.588. The van der Waals surface area contributed by atoms with Crippen molar-refractivity contribution >= 4 is 17.7 Å². The van der Waals surface area contributed by atoms with Gasteiger partial charge in [-0.25, -0.2) is 0 Å². The fourth-order valence-corrected chi connectivity index (χ4v) is 6.31. The molecule has 0 N–H and O–H groups in total. The molecular formula is C21H22O6. The van der Waals surface area contributed by atoms with Crippen LogP contribution in [0, 0.1) is 5.92 Å². The number of ether oxygens (including phenoxy) is 3. The van der Waals surface area contributed by atoms with E-state index in [1.807, 2.05) is 6.07 Å². The van der Waals surface area contributed by atoms with Crippen LogP contribution in [0.3, 0.4) is 0 Å². The summed E-state index contributed by atoms with van der Waals surface area (Å²) >= 11 is 0. The van der Waals surface area contributed by atoms with Crippen LogP contribution in [0.4, 0.5) is 0 Å². The SMILES string of the molecule is CC(=O)Oc1ccc2c3c1O[C@H]1C(=O)CC[C@@]4(OC(C)=O)[C@H](CCC[C@]314)C2. The average molecular weight is 370 g/mol. The summed E-state index contributed by atoms with van der Waals surface area (Å²) in [7, 11) is 0. The normalized spacial score (nSPS) is 35.1. The van der Waals surface area contributed by atoms with Gasteiger partial charge in [-0.05, 0) is 37.3 Å². The Kier molecular flexibility index (Phi) is 3.31. The van der Waals surface area contributed by atoms with Gasteiger partial charge in [0, 0.05) is 31.7 Å². The zero-order valence-electron chi connectivity index (χ0n) is 15.5. The molecule has 2 saturated carbocycles. The molecule has 1 spiro atoms. The van der Waals surface area contributed by atoms with E-state index in [0.717, 1.165) is 36.8 Å². The average Bonchev–Trinajstić information content (AvgIpc) is 2.93. The van der Waals surface area contributed by atoms with Crippen LogP contribution in [0.5, 0.6) is 11.5 Å². The topological polar surface area (TPSA) is 78.9 Å². The van der Waals surface area contributed by atoms with Gasteiger partial charge in [-0.2, -0.15) is 0 Å². The van der Waals surface area contributed by atoms with Gasteiger partial charge in [0.15, 0.2) is 23.4 Å². The standard InChI is InChI=1S/C21H22O6/c1-11(22)25-16-6-5-13-10-14-4-3-8-20-17(13)18(16)26-19(20)15(24)7-9-21(14,20)27-12(2)23/h5-6,14,19H,3-4,7-10H2,1-2H3/t14-,19+,20+,21-/m1/s1. The third-order valence-electron chi connectivity index (χ3n) is 6.96. The molecule has 1 aromatic carbocycles. The Morgan fingerprint density at radius 3 is 2.74 bits per heavy atom. The second kappa shape index (κ2) is 5.33. The Balaban J connectivity index is 1.80. The van der Waals surface area contributed by atoms with Crippen LogP contribution in [-0.2, 0) is 31.0 Å². The summed E-state index contributed by atoms with van der Waals surface area (Å²) in [4.78, 5) is 36.6. The number of Topliss-reactive ketones (excluding diaryl/α,β-unsaturated/α-hetero) is 1. The number of esters is 2. The van der Waals surface area contributed by atoms with Gasteiger partial charge in [0.05, 0.1) is 5.41 Å². The molecule has 2 bridgehead atoms. The van der Waals surface area contributed by atoms with Crippen LogP contribution in [0.2, 0.25) is 0 Å². The Hall–Kier alpha value is -2.37. The van der Waals surface area contributed by atoms with E-state index in [9.17, 15) is 14.4 Å². The molecule has 6 heteroatoms. The summed E-state index contributed by atoms with van der Waals surface area (Å²) in [6.07, 6.45) is 3.63. The van der Waals surface area contributed by atoms with E-state index >= 15 is 0 Å². The number of carbonyl (C=O) groups excluding carboxylic acids is 3. The molecule has 142 valence electrons. The van der Waals surface area contributed by atoms with Gasteiger partial charge >= 0.3 is 11.9 Å². The molecule has 0 radical (unpaired) electrons. The molecule has 5 rings (SSSR count). The number of ketones is 1. The van der Waals surface area contributed by atoms with Crippen molar-refractivity contribution in [1.29, 1.82) is 0 Å². The first-order valence-electron chi connectivity index (χ1n) is 9.63. The maximum absolute atomic E-state index is 12.9. The number of benzene rings is 1. The third kappa shape index (κ3) is 1.93. The van der Waals surface area contributed by atoms with E-state index in [4.69, 9.17) is 14.2 Å². The highest BCUT2D eigenvalue weighted by atomic mass is 16.6. The van der Waals surface area contributed by atoms with E-state index in [1.165, 1.54) is 13.8 Å². The summed E-state index contributed by atoms with van der Waals surface area (Å²) in [5, 5.41) is 0. The number of carbonyl (C=O) groups is 3. The molecule has 27 heavy (non-hydrogen) atoms. The van der Waals surface area contributed by atoms with Crippen LogP contribution in [0.1, 0.15) is 57.1 Å². The molecule has 4 atom stereocenters. The first-order chi connectivity index (χ1) is 12.9. The maximum Gasteiger partial charge on any atom is 0.308 e. The number of rotatable bonds is 2. The third-order valence-corrected chi connectivity index (χ3v) is 6.96. The van der Waals surface area contributed by atoms with Crippen molar-refractivity contribution in [2.75, 3.05) is 0 Å². The molecule has 0 amide bonds. The molecule has 6 nitrogen and oxygen atoms in total. The Labute approximate surface area is 157 Å². The molecule has 1 aliphatic heterocycles. The highest BCUT2D eigenvalue weighted by Crippen LogP contribution is 2.68. The van der Waals surface area contributed by atoms with Crippen molar-refractivity contribution in [1.82, 2.24) is 0 Å². The van der Waals surface area contributed by atoms with E-state index < -0.39 is 23.1 Å². The minimum atomic E-state index is -0.719. The van der Waals surface area contributed by atoms with Crippen molar-refractivity contribution in [3.8, 4) is 11.5 Å². The highest BCUT2D eigenvalue weighted by molar-refractivity contribution is 5.90. The lowest BCUT2D eigenvalue weighted by Gasteiger charge is -2.61. The van der Waals surface area contributed by atoms with Gasteiger partial charge in [0.1, 0.15) is 5.60 Å². The molecule has 1 aromatic rings. The van der Waals surface area contributed by atoms with Crippen LogP contribution < -0.4 is 9.47 Å². The van der Waals surface area contributed by atoms with Crippen LogP contribution in [-0.4, -0.2) is 29.4 Å². The second-order valence-electron chi connectivity index (χ2n) is 8.23. The van der Waals surface area contributed by atoms with Crippen LogP contribution in [0.15, 0.2) is 12.1 Å². The fourth-order valence-electron chi connectivity index (χ4n) is 6.31. The maximum atomic E-state index is 12.9. The predicted molar refractivity (Wildman–Crippen MR) is 93.6 cm³/mol. The number of hydrogen-bond donors (Lipinski definition) is 0. The van der Waals surface area contributed by atoms with Crippen molar-refractivity contribution in [2.45, 2.75) is 69.5 Å². The fraction of sp³-hybridized carbons (Fsp3) is 0.571. The first kappa shape index (κ1) is 16.8. The molecule has 4 aliphatic rings. The van der Waals surface area contributed by atoms with Gasteiger partial charge in [-0.15, -0.1) is 0 Å². The largest absolute Gasteiger partial charge is 0.477 e.